The van der Waals surface area contributed by atoms with Gasteiger partial charge in [0.25, 0.3) is 0 Å². The molecular formula is C40H64N2O5. The number of carbonyl (C=O) groups is 3. The van der Waals surface area contributed by atoms with E-state index in [1.807, 2.05) is 12.2 Å². The first kappa shape index (κ1) is 43.5. The maximum atomic E-state index is 12.5. The summed E-state index contributed by atoms with van der Waals surface area (Å²) >= 11 is 0. The van der Waals surface area contributed by atoms with E-state index in [-0.39, 0.29) is 18.0 Å². The highest BCUT2D eigenvalue weighted by Gasteiger charge is 2.18. The number of carboxylic acid groups (broad SMARTS) is 1. The van der Waals surface area contributed by atoms with Gasteiger partial charge in [0.05, 0.1) is 0 Å². The third-order valence-electron chi connectivity index (χ3n) is 7.17. The minimum Gasteiger partial charge on any atom is -0.480 e. The molecule has 2 atom stereocenters. The second-order valence-electron chi connectivity index (χ2n) is 11.5. The van der Waals surface area contributed by atoms with E-state index in [1.165, 1.54) is 0 Å². The van der Waals surface area contributed by atoms with Crippen molar-refractivity contribution in [3.05, 3.63) is 85.1 Å². The molecule has 0 aromatic heterocycles. The molecule has 4 N–H and O–H groups in total. The van der Waals surface area contributed by atoms with Gasteiger partial charge in [-0.3, -0.25) is 9.59 Å². The van der Waals surface area contributed by atoms with Crippen LogP contribution in [0.3, 0.4) is 0 Å². The Morgan fingerprint density at radius 1 is 0.660 bits per heavy atom. The van der Waals surface area contributed by atoms with Gasteiger partial charge in [-0.15, -0.1) is 0 Å². The summed E-state index contributed by atoms with van der Waals surface area (Å²) in [5, 5.41) is 11.8. The molecule has 0 saturated carbocycles. The highest BCUT2D eigenvalue weighted by Crippen LogP contribution is 2.13. The number of hydrogen-bond acceptors (Lipinski definition) is 5. The molecule has 0 radical (unpaired) electrons. The lowest BCUT2D eigenvalue weighted by Crippen LogP contribution is -2.40. The second kappa shape index (κ2) is 33.9. The Hall–Kier alpha value is -3.45. The summed E-state index contributed by atoms with van der Waals surface area (Å²) in [4.78, 5) is 35.9. The maximum absolute atomic E-state index is 12.5. The zero-order chi connectivity index (χ0) is 34.6. The molecule has 0 fully saturated rings. The summed E-state index contributed by atoms with van der Waals surface area (Å²) in [6.07, 6.45) is 43.9. The van der Waals surface area contributed by atoms with Crippen LogP contribution < -0.4 is 11.1 Å². The molecule has 0 bridgehead atoms. The van der Waals surface area contributed by atoms with Gasteiger partial charge in [-0.25, -0.2) is 4.79 Å². The number of nitrogens with two attached hydrogens (primary N) is 1. The van der Waals surface area contributed by atoms with Crippen LogP contribution in [-0.4, -0.2) is 41.6 Å². The topological polar surface area (TPSA) is 119 Å². The maximum Gasteiger partial charge on any atom is 0.326 e. The molecule has 7 nitrogen and oxygen atoms in total. The molecular weight excluding hydrogens is 588 g/mol. The monoisotopic (exact) mass is 652 g/mol. The molecule has 0 aliphatic heterocycles. The lowest BCUT2D eigenvalue weighted by atomic mass is 10.1. The quantitative estimate of drug-likeness (QED) is 0.0404. The van der Waals surface area contributed by atoms with Crippen LogP contribution in [0.5, 0.6) is 0 Å². The van der Waals surface area contributed by atoms with Crippen LogP contribution in [0.1, 0.15) is 129 Å². The predicted molar refractivity (Wildman–Crippen MR) is 197 cm³/mol. The molecule has 47 heavy (non-hydrogen) atoms. The smallest absolute Gasteiger partial charge is 0.326 e. The Bertz CT molecular complexity index is 1010. The van der Waals surface area contributed by atoms with Gasteiger partial charge in [-0.2, -0.15) is 0 Å². The molecule has 1 amide bonds. The number of nitrogens with one attached hydrogen (secondary N) is 1. The van der Waals surface area contributed by atoms with E-state index in [1.54, 1.807) is 0 Å². The second-order valence-corrected chi connectivity index (χ2v) is 11.5. The van der Waals surface area contributed by atoms with Crippen molar-refractivity contribution >= 4 is 17.8 Å². The van der Waals surface area contributed by atoms with Crippen molar-refractivity contribution in [2.24, 2.45) is 5.73 Å². The number of allylic oxidation sites excluding steroid dienone is 13. The summed E-state index contributed by atoms with van der Waals surface area (Å²) in [6, 6.07) is -0.879. The fourth-order valence-electron chi connectivity index (χ4n) is 4.51. The Balaban J connectivity index is 4.17. The van der Waals surface area contributed by atoms with Crippen molar-refractivity contribution in [2.45, 2.75) is 142 Å². The molecule has 0 aromatic carbocycles. The lowest BCUT2D eigenvalue weighted by molar-refractivity contribution is -0.147. The molecule has 2 unspecified atom stereocenters. The van der Waals surface area contributed by atoms with Crippen LogP contribution in [0.2, 0.25) is 0 Å². The first-order chi connectivity index (χ1) is 22.9. The average Bonchev–Trinajstić information content (AvgIpc) is 3.05. The summed E-state index contributed by atoms with van der Waals surface area (Å²) in [6.45, 7) is 4.66. The number of esters is 1. The Morgan fingerprint density at radius 3 is 1.74 bits per heavy atom. The van der Waals surface area contributed by atoms with Gasteiger partial charge in [-0.1, -0.05) is 112 Å². The first-order valence-corrected chi connectivity index (χ1v) is 17.9. The standard InChI is InChI=1S/C40H64N2O5/c1-3-5-7-8-9-10-11-12-13-14-15-16-17-18-19-20-21-22-28-34-39(44)47-36(30-25-6-4-2)31-26-23-24-27-33-38(43)42-37(40(45)46)32-29-35-41/h5,7,9-10,12-13,15-16,18-19,21-22,25,30,36-37H,3-4,6,8,11,14,17,20,23-24,26-29,31-35,41H2,1-2H3,(H,42,43)(H,45,46)/b7-5-,10-9-,13-12-,16-15-,19-18-,22-21-,30-25-. The van der Waals surface area contributed by atoms with Crippen molar-refractivity contribution in [2.75, 3.05) is 6.54 Å². The Kier molecular flexibility index (Phi) is 31.4. The molecule has 0 aromatic rings. The van der Waals surface area contributed by atoms with Crippen LogP contribution in [0.15, 0.2) is 85.1 Å². The Morgan fingerprint density at radius 2 is 1.21 bits per heavy atom. The first-order valence-electron chi connectivity index (χ1n) is 17.9. The summed E-state index contributed by atoms with van der Waals surface area (Å²) in [7, 11) is 0. The minimum atomic E-state index is -1.03. The van der Waals surface area contributed by atoms with E-state index in [0.29, 0.717) is 45.1 Å². The number of hydrogen-bond donors (Lipinski definition) is 3. The number of ether oxygens (including phenoxy) is 1. The van der Waals surface area contributed by atoms with Crippen molar-refractivity contribution in [1.29, 1.82) is 0 Å². The zero-order valence-corrected chi connectivity index (χ0v) is 29.3. The summed E-state index contributed by atoms with van der Waals surface area (Å²) < 4.78 is 5.76. The van der Waals surface area contributed by atoms with Crippen molar-refractivity contribution in [3.8, 4) is 0 Å². The Labute approximate surface area is 285 Å². The highest BCUT2D eigenvalue weighted by atomic mass is 16.5. The van der Waals surface area contributed by atoms with Gasteiger partial charge in [0.1, 0.15) is 12.1 Å². The van der Waals surface area contributed by atoms with Crippen molar-refractivity contribution in [1.82, 2.24) is 5.32 Å². The van der Waals surface area contributed by atoms with E-state index >= 15 is 0 Å². The van der Waals surface area contributed by atoms with Gasteiger partial charge >= 0.3 is 11.9 Å². The van der Waals surface area contributed by atoms with Crippen molar-refractivity contribution in [3.63, 3.8) is 0 Å². The third kappa shape index (κ3) is 30.9. The molecule has 0 spiro atoms. The third-order valence-corrected chi connectivity index (χ3v) is 7.17. The van der Waals surface area contributed by atoms with E-state index < -0.39 is 12.0 Å². The number of aliphatic carboxylic acids is 1. The van der Waals surface area contributed by atoms with E-state index in [9.17, 15) is 19.5 Å². The fourth-order valence-corrected chi connectivity index (χ4v) is 4.51. The normalized spacial score (nSPS) is 13.8. The largest absolute Gasteiger partial charge is 0.480 e. The van der Waals surface area contributed by atoms with Gasteiger partial charge < -0.3 is 20.9 Å². The SMILES string of the molecule is CC/C=C\C/C=C\C/C=C\C/C=C\C/C=C\C/C=C\CCC(=O)OC(/C=C\CCC)CCCCCCC(=O)NC(CCCN)C(=O)O. The van der Waals surface area contributed by atoms with Crippen LogP contribution in [0.4, 0.5) is 0 Å². The number of amides is 1. The number of rotatable bonds is 30. The van der Waals surface area contributed by atoms with E-state index in [4.69, 9.17) is 10.5 Å². The molecule has 0 heterocycles. The average molecular weight is 653 g/mol. The minimum absolute atomic E-state index is 0.185. The van der Waals surface area contributed by atoms with Crippen LogP contribution in [0.25, 0.3) is 0 Å². The molecule has 264 valence electrons. The van der Waals surface area contributed by atoms with E-state index in [0.717, 1.165) is 77.0 Å². The van der Waals surface area contributed by atoms with Gasteiger partial charge in [0.15, 0.2) is 0 Å². The van der Waals surface area contributed by atoms with Gasteiger partial charge in [0.2, 0.25) is 5.91 Å². The molecule has 0 aliphatic rings. The summed E-state index contributed by atoms with van der Waals surface area (Å²) in [5.41, 5.74) is 5.45. The van der Waals surface area contributed by atoms with Crippen LogP contribution in [-0.2, 0) is 19.1 Å². The lowest BCUT2D eigenvalue weighted by Gasteiger charge is -2.15. The van der Waals surface area contributed by atoms with Crippen LogP contribution in [0, 0.1) is 0 Å². The van der Waals surface area contributed by atoms with Crippen molar-refractivity contribution < 1.29 is 24.2 Å². The fraction of sp³-hybridized carbons (Fsp3) is 0.575. The van der Waals surface area contributed by atoms with Gasteiger partial charge in [-0.05, 0) is 96.1 Å². The van der Waals surface area contributed by atoms with E-state index in [2.05, 4.69) is 92.1 Å². The number of carbonyl (C=O) groups excluding carboxylic acids is 2. The zero-order valence-electron chi connectivity index (χ0n) is 29.3. The molecule has 0 saturated heterocycles. The van der Waals surface area contributed by atoms with Gasteiger partial charge in [0, 0.05) is 12.8 Å². The molecule has 0 rings (SSSR count). The molecule has 0 aliphatic carbocycles. The number of unbranched alkanes of at least 4 members (excludes halogenated alkanes) is 4. The number of carboxylic acids is 1. The highest BCUT2D eigenvalue weighted by molar-refractivity contribution is 5.83. The molecule has 7 heteroatoms. The van der Waals surface area contributed by atoms with Crippen LogP contribution >= 0.6 is 0 Å². The summed E-state index contributed by atoms with van der Waals surface area (Å²) in [5.74, 6) is -1.45. The predicted octanol–water partition coefficient (Wildman–Crippen LogP) is 9.38.